The van der Waals surface area contributed by atoms with Gasteiger partial charge in [0.1, 0.15) is 0 Å². The van der Waals surface area contributed by atoms with Gasteiger partial charge in [0.2, 0.25) is 0 Å². The molecule has 2 rings (SSSR count). The molecule has 0 unspecified atom stereocenters. The van der Waals surface area contributed by atoms with E-state index < -0.39 is 0 Å². The van der Waals surface area contributed by atoms with Crippen LogP contribution in [0.25, 0.3) is 0 Å². The Kier molecular flexibility index (Phi) is 4.51. The fraction of sp³-hybridized carbons (Fsp3) is 0.133. The van der Waals surface area contributed by atoms with Gasteiger partial charge in [-0.2, -0.15) is 0 Å². The van der Waals surface area contributed by atoms with Crippen molar-refractivity contribution in [2.75, 3.05) is 7.11 Å². The number of carbonyl (C=O) groups excluding carboxylic acids is 1. The Bertz CT molecular complexity index is 594. The van der Waals surface area contributed by atoms with E-state index in [1.165, 1.54) is 18.9 Å². The zero-order chi connectivity index (χ0) is 13.8. The molecule has 98 valence electrons. The molecule has 0 amide bonds. The molecular formula is C15H13ClO2S. The Morgan fingerprint density at radius 1 is 1.16 bits per heavy atom. The summed E-state index contributed by atoms with van der Waals surface area (Å²) in [5, 5.41) is 0.696. The summed E-state index contributed by atoms with van der Waals surface area (Å²) >= 11 is 7.37. The molecule has 2 aromatic rings. The maximum atomic E-state index is 11.8. The number of carbonyl (C=O) groups is 1. The number of hydrogen-bond acceptors (Lipinski definition) is 3. The van der Waals surface area contributed by atoms with E-state index in [2.05, 4.69) is 0 Å². The third-order valence-corrected chi connectivity index (χ3v) is 3.92. The smallest absolute Gasteiger partial charge is 0.339 e. The van der Waals surface area contributed by atoms with Crippen molar-refractivity contribution < 1.29 is 9.53 Å². The molecule has 0 aliphatic carbocycles. The van der Waals surface area contributed by atoms with E-state index in [1.807, 2.05) is 49.4 Å². The van der Waals surface area contributed by atoms with Crippen molar-refractivity contribution in [3.63, 3.8) is 0 Å². The molecule has 0 heterocycles. The molecule has 2 aromatic carbocycles. The predicted octanol–water partition coefficient (Wildman–Crippen LogP) is 4.59. The number of halogens is 1. The number of esters is 1. The molecule has 0 bridgehead atoms. The molecule has 0 saturated carbocycles. The highest BCUT2D eigenvalue weighted by molar-refractivity contribution is 7.99. The molecule has 0 radical (unpaired) electrons. The van der Waals surface area contributed by atoms with Crippen LogP contribution in [0.2, 0.25) is 5.02 Å². The second-order valence-electron chi connectivity index (χ2n) is 4.05. The molecular weight excluding hydrogens is 280 g/mol. The van der Waals surface area contributed by atoms with E-state index >= 15 is 0 Å². The van der Waals surface area contributed by atoms with Crippen LogP contribution >= 0.6 is 23.4 Å². The topological polar surface area (TPSA) is 26.3 Å². The largest absolute Gasteiger partial charge is 0.465 e. The lowest BCUT2D eigenvalue weighted by Gasteiger charge is -2.08. The van der Waals surface area contributed by atoms with Crippen molar-refractivity contribution in [2.24, 2.45) is 0 Å². The standard InChI is InChI=1S/C15H13ClO2S/c1-10-3-8-14(13(9-10)15(17)18-2)19-12-6-4-11(16)5-7-12/h3-9H,1-2H3. The molecule has 0 N–H and O–H groups in total. The van der Waals surface area contributed by atoms with Gasteiger partial charge in [0.15, 0.2) is 0 Å². The third kappa shape index (κ3) is 3.52. The van der Waals surface area contributed by atoms with Crippen LogP contribution < -0.4 is 0 Å². The summed E-state index contributed by atoms with van der Waals surface area (Å²) < 4.78 is 4.82. The molecule has 0 aromatic heterocycles. The first-order valence-corrected chi connectivity index (χ1v) is 6.92. The summed E-state index contributed by atoms with van der Waals surface area (Å²) in [5.41, 5.74) is 1.61. The van der Waals surface area contributed by atoms with Gasteiger partial charge in [0.25, 0.3) is 0 Å². The molecule has 4 heteroatoms. The number of benzene rings is 2. The summed E-state index contributed by atoms with van der Waals surface area (Å²) in [7, 11) is 1.39. The van der Waals surface area contributed by atoms with Crippen LogP contribution in [0.3, 0.4) is 0 Å². The van der Waals surface area contributed by atoms with E-state index in [-0.39, 0.29) is 5.97 Å². The Labute approximate surface area is 121 Å². The SMILES string of the molecule is COC(=O)c1cc(C)ccc1Sc1ccc(Cl)cc1. The Hall–Kier alpha value is -1.45. The van der Waals surface area contributed by atoms with Crippen molar-refractivity contribution in [1.82, 2.24) is 0 Å². The highest BCUT2D eigenvalue weighted by atomic mass is 35.5. The number of hydrogen-bond donors (Lipinski definition) is 0. The molecule has 0 fully saturated rings. The number of methoxy groups -OCH3 is 1. The molecule has 0 spiro atoms. The maximum Gasteiger partial charge on any atom is 0.339 e. The summed E-state index contributed by atoms with van der Waals surface area (Å²) in [5.74, 6) is -0.319. The zero-order valence-electron chi connectivity index (χ0n) is 10.6. The second kappa shape index (κ2) is 6.13. The molecule has 19 heavy (non-hydrogen) atoms. The van der Waals surface area contributed by atoms with Crippen LogP contribution in [-0.4, -0.2) is 13.1 Å². The predicted molar refractivity (Wildman–Crippen MR) is 78.1 cm³/mol. The van der Waals surface area contributed by atoms with Crippen molar-refractivity contribution in [3.8, 4) is 0 Å². The first-order valence-electron chi connectivity index (χ1n) is 5.72. The minimum absolute atomic E-state index is 0.319. The molecule has 2 nitrogen and oxygen atoms in total. The van der Waals surface area contributed by atoms with Crippen molar-refractivity contribution in [3.05, 3.63) is 58.6 Å². The van der Waals surface area contributed by atoms with Crippen molar-refractivity contribution in [1.29, 1.82) is 0 Å². The molecule has 0 aliphatic rings. The van der Waals surface area contributed by atoms with Gasteiger partial charge in [-0.25, -0.2) is 4.79 Å². The van der Waals surface area contributed by atoms with Crippen molar-refractivity contribution in [2.45, 2.75) is 16.7 Å². The van der Waals surface area contributed by atoms with E-state index in [1.54, 1.807) is 0 Å². The van der Waals surface area contributed by atoms with Crippen LogP contribution in [0.15, 0.2) is 52.3 Å². The Morgan fingerprint density at radius 3 is 2.47 bits per heavy atom. The van der Waals surface area contributed by atoms with Gasteiger partial charge in [-0.3, -0.25) is 0 Å². The van der Waals surface area contributed by atoms with E-state index in [0.717, 1.165) is 15.4 Å². The lowest BCUT2D eigenvalue weighted by Crippen LogP contribution is -2.03. The van der Waals surface area contributed by atoms with Crippen LogP contribution in [0.1, 0.15) is 15.9 Å². The van der Waals surface area contributed by atoms with Gasteiger partial charge >= 0.3 is 5.97 Å². The van der Waals surface area contributed by atoms with Gasteiger partial charge in [-0.05, 0) is 43.3 Å². The fourth-order valence-corrected chi connectivity index (χ4v) is 2.67. The Morgan fingerprint density at radius 2 is 1.84 bits per heavy atom. The number of ether oxygens (including phenoxy) is 1. The van der Waals surface area contributed by atoms with Crippen LogP contribution in [0.4, 0.5) is 0 Å². The average Bonchev–Trinajstić information content (AvgIpc) is 2.42. The molecule has 0 atom stereocenters. The average molecular weight is 293 g/mol. The van der Waals surface area contributed by atoms with E-state index in [0.29, 0.717) is 10.6 Å². The third-order valence-electron chi connectivity index (χ3n) is 2.58. The van der Waals surface area contributed by atoms with Crippen molar-refractivity contribution >= 4 is 29.3 Å². The lowest BCUT2D eigenvalue weighted by molar-refractivity contribution is 0.0596. The fourth-order valence-electron chi connectivity index (χ4n) is 1.63. The maximum absolute atomic E-state index is 11.8. The normalized spacial score (nSPS) is 10.3. The first kappa shape index (κ1) is 14.0. The zero-order valence-corrected chi connectivity index (χ0v) is 12.2. The first-order chi connectivity index (χ1) is 9.10. The number of aryl methyl sites for hydroxylation is 1. The van der Waals surface area contributed by atoms with E-state index in [4.69, 9.17) is 16.3 Å². The monoisotopic (exact) mass is 292 g/mol. The highest BCUT2D eigenvalue weighted by Crippen LogP contribution is 2.32. The van der Waals surface area contributed by atoms with E-state index in [9.17, 15) is 4.79 Å². The van der Waals surface area contributed by atoms with Gasteiger partial charge in [0, 0.05) is 14.8 Å². The summed E-state index contributed by atoms with van der Waals surface area (Å²) in [6.45, 7) is 1.95. The summed E-state index contributed by atoms with van der Waals surface area (Å²) in [4.78, 5) is 13.7. The van der Waals surface area contributed by atoms with Crippen LogP contribution in [0, 0.1) is 6.92 Å². The van der Waals surface area contributed by atoms with Crippen LogP contribution in [-0.2, 0) is 4.74 Å². The number of rotatable bonds is 3. The van der Waals surface area contributed by atoms with Gasteiger partial charge in [0.05, 0.1) is 12.7 Å². The van der Waals surface area contributed by atoms with Gasteiger partial charge in [-0.1, -0.05) is 35.0 Å². The second-order valence-corrected chi connectivity index (χ2v) is 5.60. The Balaban J connectivity index is 2.34. The summed E-state index contributed by atoms with van der Waals surface area (Å²) in [6.07, 6.45) is 0. The quantitative estimate of drug-likeness (QED) is 0.774. The molecule has 0 aliphatic heterocycles. The minimum Gasteiger partial charge on any atom is -0.465 e. The summed E-state index contributed by atoms with van der Waals surface area (Å²) in [6, 6.07) is 13.3. The van der Waals surface area contributed by atoms with Gasteiger partial charge < -0.3 is 4.74 Å². The lowest BCUT2D eigenvalue weighted by atomic mass is 10.1. The minimum atomic E-state index is -0.319. The molecule has 0 saturated heterocycles. The highest BCUT2D eigenvalue weighted by Gasteiger charge is 2.13. The van der Waals surface area contributed by atoms with Gasteiger partial charge in [-0.15, -0.1) is 0 Å². The van der Waals surface area contributed by atoms with Crippen LogP contribution in [0.5, 0.6) is 0 Å².